The maximum Gasteiger partial charge on any atom is 0.261 e. The molecule has 0 aliphatic carbocycles. The van der Waals surface area contributed by atoms with Crippen LogP contribution < -0.4 is 15.8 Å². The fraction of sp³-hybridized carbons (Fsp3) is 0.368. The highest BCUT2D eigenvalue weighted by Gasteiger charge is 2.12. The lowest BCUT2D eigenvalue weighted by atomic mass is 10.2. The van der Waals surface area contributed by atoms with E-state index in [1.54, 1.807) is 0 Å². The van der Waals surface area contributed by atoms with Gasteiger partial charge in [0, 0.05) is 24.5 Å². The summed E-state index contributed by atoms with van der Waals surface area (Å²) < 4.78 is 1.42. The van der Waals surface area contributed by atoms with Gasteiger partial charge in [0.1, 0.15) is 11.9 Å². The summed E-state index contributed by atoms with van der Waals surface area (Å²) in [6, 6.07) is 7.93. The lowest BCUT2D eigenvalue weighted by Crippen LogP contribution is -2.24. The average Bonchev–Trinajstić information content (AvgIpc) is 2.90. The second-order valence-corrected chi connectivity index (χ2v) is 6.77. The first-order valence-corrected chi connectivity index (χ1v) is 9.25. The molecule has 0 bridgehead atoms. The molecule has 0 radical (unpaired) electrons. The third kappa shape index (κ3) is 3.84. The van der Waals surface area contributed by atoms with Crippen molar-refractivity contribution in [1.82, 2.24) is 19.7 Å². The number of amides is 1. The quantitative estimate of drug-likeness (QED) is 0.737. The van der Waals surface area contributed by atoms with Crippen molar-refractivity contribution in [2.45, 2.75) is 32.2 Å². The van der Waals surface area contributed by atoms with E-state index in [1.165, 1.54) is 48.6 Å². The number of nitrogens with zero attached hydrogens (tertiary/aromatic N) is 4. The maximum absolute atomic E-state index is 12.3. The molecule has 1 fully saturated rings. The van der Waals surface area contributed by atoms with E-state index in [1.807, 2.05) is 24.3 Å². The van der Waals surface area contributed by atoms with Gasteiger partial charge in [-0.15, -0.1) is 0 Å². The normalized spacial score (nSPS) is 14.9. The van der Waals surface area contributed by atoms with Crippen LogP contribution in [0.1, 0.15) is 25.7 Å². The third-order valence-electron chi connectivity index (χ3n) is 4.85. The van der Waals surface area contributed by atoms with E-state index in [4.69, 9.17) is 0 Å². The first-order valence-electron chi connectivity index (χ1n) is 9.25. The van der Waals surface area contributed by atoms with Crippen LogP contribution in [0.25, 0.3) is 11.0 Å². The van der Waals surface area contributed by atoms with Crippen LogP contribution in [0.5, 0.6) is 0 Å². The molecule has 1 saturated heterocycles. The molecule has 0 unspecified atom stereocenters. The number of carbonyl (C=O) groups excluding carboxylic acids is 1. The van der Waals surface area contributed by atoms with Crippen molar-refractivity contribution in [3.63, 3.8) is 0 Å². The number of fused-ring (bicyclic) bond motifs is 1. The van der Waals surface area contributed by atoms with Crippen molar-refractivity contribution < 1.29 is 4.79 Å². The molecule has 0 saturated carbocycles. The zero-order chi connectivity index (χ0) is 18.6. The van der Waals surface area contributed by atoms with Gasteiger partial charge < -0.3 is 15.2 Å². The smallest absolute Gasteiger partial charge is 0.261 e. The lowest BCUT2D eigenvalue weighted by molar-refractivity contribution is -0.116. The molecule has 8 heteroatoms. The number of hydrogen-bond acceptors (Lipinski definition) is 5. The van der Waals surface area contributed by atoms with Crippen molar-refractivity contribution in [3.8, 4) is 0 Å². The molecule has 2 aromatic heterocycles. The summed E-state index contributed by atoms with van der Waals surface area (Å²) in [6.45, 7) is 2.17. The van der Waals surface area contributed by atoms with Gasteiger partial charge in [-0.1, -0.05) is 12.8 Å². The van der Waals surface area contributed by atoms with E-state index in [-0.39, 0.29) is 18.0 Å². The zero-order valence-corrected chi connectivity index (χ0v) is 15.0. The van der Waals surface area contributed by atoms with Gasteiger partial charge in [-0.2, -0.15) is 5.10 Å². The molecule has 1 aromatic carbocycles. The summed E-state index contributed by atoms with van der Waals surface area (Å²) in [5.41, 5.74) is 2.05. The Hall–Kier alpha value is -3.16. The van der Waals surface area contributed by atoms with E-state index < -0.39 is 0 Å². The predicted octanol–water partition coefficient (Wildman–Crippen LogP) is 2.14. The molecule has 27 heavy (non-hydrogen) atoms. The number of carbonyl (C=O) groups is 1. The van der Waals surface area contributed by atoms with E-state index in [0.29, 0.717) is 11.0 Å². The van der Waals surface area contributed by atoms with Crippen LogP contribution in [0.3, 0.4) is 0 Å². The lowest BCUT2D eigenvalue weighted by Gasteiger charge is -2.22. The Morgan fingerprint density at radius 2 is 1.85 bits per heavy atom. The maximum atomic E-state index is 12.3. The van der Waals surface area contributed by atoms with Crippen molar-refractivity contribution >= 4 is 28.3 Å². The highest BCUT2D eigenvalue weighted by atomic mass is 16.2. The van der Waals surface area contributed by atoms with E-state index in [0.717, 1.165) is 18.8 Å². The zero-order valence-electron chi connectivity index (χ0n) is 15.0. The van der Waals surface area contributed by atoms with Crippen LogP contribution >= 0.6 is 0 Å². The van der Waals surface area contributed by atoms with Gasteiger partial charge in [0.15, 0.2) is 5.65 Å². The van der Waals surface area contributed by atoms with Crippen molar-refractivity contribution in [2.24, 2.45) is 0 Å². The van der Waals surface area contributed by atoms with E-state index >= 15 is 0 Å². The van der Waals surface area contributed by atoms with Crippen LogP contribution in [0.2, 0.25) is 0 Å². The summed E-state index contributed by atoms with van der Waals surface area (Å²) in [5, 5.41) is 7.33. The Balaban J connectivity index is 1.41. The molecule has 0 spiro atoms. The SMILES string of the molecule is O=C(Cn1ncc2c(=O)[nH]cnc21)Nc1ccc(N2CCCCCC2)cc1. The van der Waals surface area contributed by atoms with Crippen molar-refractivity contribution in [3.05, 3.63) is 47.1 Å². The molecule has 3 heterocycles. The number of aromatic amines is 1. The topological polar surface area (TPSA) is 95.9 Å². The molecule has 1 aliphatic heterocycles. The monoisotopic (exact) mass is 366 g/mol. The third-order valence-corrected chi connectivity index (χ3v) is 4.85. The fourth-order valence-electron chi connectivity index (χ4n) is 3.44. The number of aromatic nitrogens is 4. The first-order chi connectivity index (χ1) is 13.2. The molecular weight excluding hydrogens is 344 g/mol. The number of hydrogen-bond donors (Lipinski definition) is 2. The van der Waals surface area contributed by atoms with Crippen LogP contribution in [-0.4, -0.2) is 38.7 Å². The second-order valence-electron chi connectivity index (χ2n) is 6.77. The van der Waals surface area contributed by atoms with Gasteiger partial charge in [0.05, 0.1) is 12.5 Å². The van der Waals surface area contributed by atoms with Crippen molar-refractivity contribution in [1.29, 1.82) is 0 Å². The second kappa shape index (κ2) is 7.61. The predicted molar refractivity (Wildman–Crippen MR) is 104 cm³/mol. The van der Waals surface area contributed by atoms with Crippen LogP contribution in [0, 0.1) is 0 Å². The summed E-state index contributed by atoms with van der Waals surface area (Å²) in [6.07, 6.45) is 7.79. The molecule has 8 nitrogen and oxygen atoms in total. The fourth-order valence-corrected chi connectivity index (χ4v) is 3.44. The van der Waals surface area contributed by atoms with Crippen LogP contribution in [0.15, 0.2) is 41.6 Å². The minimum absolute atomic E-state index is 0.00612. The number of nitrogens with one attached hydrogen (secondary N) is 2. The Morgan fingerprint density at radius 1 is 1.11 bits per heavy atom. The number of rotatable bonds is 4. The summed E-state index contributed by atoms with van der Waals surface area (Å²) >= 11 is 0. The van der Waals surface area contributed by atoms with Gasteiger partial charge in [-0.05, 0) is 37.1 Å². The van der Waals surface area contributed by atoms with Gasteiger partial charge in [-0.3, -0.25) is 9.59 Å². The highest BCUT2D eigenvalue weighted by molar-refractivity contribution is 5.91. The minimum Gasteiger partial charge on any atom is -0.372 e. The largest absolute Gasteiger partial charge is 0.372 e. The standard InChI is InChI=1S/C19H22N6O2/c26-17(12-25-18-16(11-22-25)19(27)21-13-20-18)23-14-5-7-15(8-6-14)24-9-3-1-2-4-10-24/h5-8,11,13H,1-4,9-10,12H2,(H,23,26)(H,20,21,27). The number of H-pyrrole nitrogens is 1. The van der Waals surface area contributed by atoms with Gasteiger partial charge in [-0.25, -0.2) is 9.67 Å². The van der Waals surface area contributed by atoms with E-state index in [2.05, 4.69) is 25.3 Å². The van der Waals surface area contributed by atoms with Gasteiger partial charge in [0.25, 0.3) is 5.56 Å². The minimum atomic E-state index is -0.268. The molecule has 140 valence electrons. The Bertz CT molecular complexity index is 983. The first kappa shape index (κ1) is 17.3. The Morgan fingerprint density at radius 3 is 2.59 bits per heavy atom. The molecule has 2 N–H and O–H groups in total. The Labute approximate surface area is 156 Å². The molecule has 1 amide bonds. The molecule has 4 rings (SSSR count). The number of benzene rings is 1. The summed E-state index contributed by atoms with van der Waals surface area (Å²) in [4.78, 5) is 33.0. The van der Waals surface area contributed by atoms with Crippen LogP contribution in [-0.2, 0) is 11.3 Å². The molecule has 1 aliphatic rings. The highest BCUT2D eigenvalue weighted by Crippen LogP contribution is 2.21. The van der Waals surface area contributed by atoms with Crippen molar-refractivity contribution in [2.75, 3.05) is 23.3 Å². The molecular formula is C19H22N6O2. The van der Waals surface area contributed by atoms with E-state index in [9.17, 15) is 9.59 Å². The summed E-state index contributed by atoms with van der Waals surface area (Å²) in [7, 11) is 0. The van der Waals surface area contributed by atoms with Crippen LogP contribution in [0.4, 0.5) is 11.4 Å². The van der Waals surface area contributed by atoms with Gasteiger partial charge >= 0.3 is 0 Å². The molecule has 0 atom stereocenters. The number of anilines is 2. The summed E-state index contributed by atoms with van der Waals surface area (Å²) in [5.74, 6) is -0.218. The average molecular weight is 366 g/mol. The van der Waals surface area contributed by atoms with Gasteiger partial charge in [0.2, 0.25) is 5.91 Å². The molecule has 3 aromatic rings. The Kier molecular flexibility index (Phi) is 4.86.